The fourth-order valence-corrected chi connectivity index (χ4v) is 2.84. The topological polar surface area (TPSA) is 122 Å². The van der Waals surface area contributed by atoms with Crippen molar-refractivity contribution in [3.05, 3.63) is 47.5 Å². The Morgan fingerprint density at radius 2 is 1.23 bits per heavy atom. The van der Waals surface area contributed by atoms with Crippen LogP contribution in [0.1, 0.15) is 20.7 Å². The Morgan fingerprint density at radius 1 is 0.731 bits per heavy atom. The Morgan fingerprint density at radius 3 is 1.73 bits per heavy atom. The van der Waals surface area contributed by atoms with Gasteiger partial charge in [-0.1, -0.05) is 6.07 Å². The second-order valence-corrected chi connectivity index (χ2v) is 6.00. The molecule has 2 aromatic rings. The van der Waals surface area contributed by atoms with E-state index in [1.807, 2.05) is 0 Å². The van der Waals surface area contributed by atoms with Gasteiger partial charge in [0.2, 0.25) is 0 Å². The number of benzene rings is 2. The summed E-state index contributed by atoms with van der Waals surface area (Å²) in [4.78, 5) is 28.0. The molecule has 1 fully saturated rings. The van der Waals surface area contributed by atoms with E-state index >= 15 is 0 Å². The monoisotopic (exact) mass is 358 g/mol. The quantitative estimate of drug-likeness (QED) is 0.597. The predicted molar refractivity (Wildman–Crippen MR) is 91.4 cm³/mol. The molecule has 0 radical (unpaired) electrons. The summed E-state index contributed by atoms with van der Waals surface area (Å²) in [6.07, 6.45) is 0. The number of piperazine rings is 1. The Balaban J connectivity index is 1.66. The van der Waals surface area contributed by atoms with E-state index in [9.17, 15) is 30.0 Å². The molecule has 8 nitrogen and oxygen atoms in total. The number of amides is 2. The molecule has 136 valence electrons. The first-order valence-electron chi connectivity index (χ1n) is 7.99. The van der Waals surface area contributed by atoms with Gasteiger partial charge in [-0.25, -0.2) is 0 Å². The minimum absolute atomic E-state index is 0.0107. The van der Waals surface area contributed by atoms with Crippen molar-refractivity contribution in [3.63, 3.8) is 0 Å². The van der Waals surface area contributed by atoms with Gasteiger partial charge in [-0.05, 0) is 30.3 Å². The van der Waals surface area contributed by atoms with Gasteiger partial charge in [-0.2, -0.15) is 0 Å². The summed E-state index contributed by atoms with van der Waals surface area (Å²) in [6.45, 7) is 1.20. The fraction of sp³-hybridized carbons (Fsp3) is 0.222. The van der Waals surface area contributed by atoms with Crippen molar-refractivity contribution in [1.82, 2.24) is 9.80 Å². The highest BCUT2D eigenvalue weighted by Gasteiger charge is 2.26. The summed E-state index contributed by atoms with van der Waals surface area (Å²) in [5.41, 5.74) is 0.420. The number of aromatic hydroxyl groups is 4. The zero-order chi connectivity index (χ0) is 18.8. The third-order valence-corrected chi connectivity index (χ3v) is 4.26. The van der Waals surface area contributed by atoms with Crippen LogP contribution in [0.4, 0.5) is 0 Å². The molecular formula is C18H18N2O6. The highest BCUT2D eigenvalue weighted by Crippen LogP contribution is 2.35. The summed E-state index contributed by atoms with van der Waals surface area (Å²) in [5, 5.41) is 37.9. The molecule has 26 heavy (non-hydrogen) atoms. The molecule has 2 aromatic carbocycles. The number of phenolic OH excluding ortho intramolecular Hbond substituents is 4. The normalized spacial score (nSPS) is 14.3. The lowest BCUT2D eigenvalue weighted by atomic mass is 10.1. The highest BCUT2D eigenvalue weighted by atomic mass is 16.3. The van der Waals surface area contributed by atoms with Crippen LogP contribution in [0.5, 0.6) is 23.0 Å². The van der Waals surface area contributed by atoms with Crippen LogP contribution in [0.25, 0.3) is 0 Å². The third kappa shape index (κ3) is 3.34. The standard InChI is InChI=1S/C18H18N2O6/c21-13-3-1-2-11(8-13)17(25)19-4-6-20(7-5-19)18(26)12-9-14(22)16(24)15(23)10-12/h1-3,8-10,21-24H,4-7H2. The second kappa shape index (κ2) is 6.83. The van der Waals surface area contributed by atoms with Crippen LogP contribution in [-0.4, -0.2) is 68.2 Å². The molecule has 0 aliphatic carbocycles. The van der Waals surface area contributed by atoms with Gasteiger partial charge in [0.1, 0.15) is 5.75 Å². The molecule has 0 atom stereocenters. The summed E-state index contributed by atoms with van der Waals surface area (Å²) >= 11 is 0. The molecule has 0 saturated carbocycles. The highest BCUT2D eigenvalue weighted by molar-refractivity contribution is 5.97. The van der Waals surface area contributed by atoms with Crippen LogP contribution >= 0.6 is 0 Å². The number of phenols is 4. The number of rotatable bonds is 2. The number of nitrogens with zero attached hydrogens (tertiary/aromatic N) is 2. The second-order valence-electron chi connectivity index (χ2n) is 6.00. The Hall–Kier alpha value is -3.42. The van der Waals surface area contributed by atoms with Crippen LogP contribution in [0.2, 0.25) is 0 Å². The van der Waals surface area contributed by atoms with Gasteiger partial charge in [-0.15, -0.1) is 0 Å². The maximum atomic E-state index is 12.5. The van der Waals surface area contributed by atoms with Gasteiger partial charge >= 0.3 is 0 Å². The van der Waals surface area contributed by atoms with Crippen molar-refractivity contribution in [2.24, 2.45) is 0 Å². The minimum atomic E-state index is -0.678. The van der Waals surface area contributed by atoms with Crippen LogP contribution < -0.4 is 0 Å². The van der Waals surface area contributed by atoms with Crippen molar-refractivity contribution in [2.45, 2.75) is 0 Å². The Labute approximate surface area is 149 Å². The first-order valence-corrected chi connectivity index (χ1v) is 7.99. The van der Waals surface area contributed by atoms with Crippen molar-refractivity contribution in [3.8, 4) is 23.0 Å². The molecule has 4 N–H and O–H groups in total. The molecule has 0 bridgehead atoms. The van der Waals surface area contributed by atoms with E-state index in [0.29, 0.717) is 18.7 Å². The van der Waals surface area contributed by atoms with Gasteiger partial charge < -0.3 is 30.2 Å². The first-order chi connectivity index (χ1) is 12.4. The maximum absolute atomic E-state index is 12.5. The van der Waals surface area contributed by atoms with E-state index in [-0.39, 0.29) is 30.3 Å². The van der Waals surface area contributed by atoms with Gasteiger partial charge in [0.05, 0.1) is 0 Å². The van der Waals surface area contributed by atoms with Crippen LogP contribution in [0, 0.1) is 0 Å². The smallest absolute Gasteiger partial charge is 0.254 e. The van der Waals surface area contributed by atoms with Gasteiger partial charge in [0.15, 0.2) is 17.2 Å². The molecule has 8 heteroatoms. The molecule has 0 unspecified atom stereocenters. The number of hydrogen-bond acceptors (Lipinski definition) is 6. The molecule has 3 rings (SSSR count). The van der Waals surface area contributed by atoms with Gasteiger partial charge in [-0.3, -0.25) is 9.59 Å². The average Bonchev–Trinajstić information content (AvgIpc) is 2.64. The summed E-state index contributed by atoms with van der Waals surface area (Å²) < 4.78 is 0. The SMILES string of the molecule is O=C(c1cccc(O)c1)N1CCN(C(=O)c2cc(O)c(O)c(O)c2)CC1. The van der Waals surface area contributed by atoms with E-state index in [0.717, 1.165) is 12.1 Å². The van der Waals surface area contributed by atoms with E-state index in [2.05, 4.69) is 0 Å². The molecule has 0 aromatic heterocycles. The van der Waals surface area contributed by atoms with E-state index < -0.39 is 23.2 Å². The van der Waals surface area contributed by atoms with Gasteiger partial charge in [0, 0.05) is 37.3 Å². The predicted octanol–water partition coefficient (Wildman–Crippen LogP) is 1.11. The van der Waals surface area contributed by atoms with Crippen molar-refractivity contribution < 1.29 is 30.0 Å². The molecular weight excluding hydrogens is 340 g/mol. The molecule has 0 spiro atoms. The van der Waals surface area contributed by atoms with Gasteiger partial charge in [0.25, 0.3) is 11.8 Å². The third-order valence-electron chi connectivity index (χ3n) is 4.26. The Kier molecular flexibility index (Phi) is 4.57. The Bertz CT molecular complexity index is 836. The lowest BCUT2D eigenvalue weighted by molar-refractivity contribution is 0.0535. The maximum Gasteiger partial charge on any atom is 0.254 e. The van der Waals surface area contributed by atoms with E-state index in [1.165, 1.54) is 17.0 Å². The lowest BCUT2D eigenvalue weighted by Gasteiger charge is -2.35. The molecule has 1 heterocycles. The molecule has 1 saturated heterocycles. The van der Waals surface area contributed by atoms with Crippen LogP contribution in [0.15, 0.2) is 36.4 Å². The van der Waals surface area contributed by atoms with Crippen molar-refractivity contribution in [1.29, 1.82) is 0 Å². The summed E-state index contributed by atoms with van der Waals surface area (Å²) in [5.74, 6) is -2.47. The van der Waals surface area contributed by atoms with Crippen molar-refractivity contribution >= 4 is 11.8 Å². The minimum Gasteiger partial charge on any atom is -0.508 e. The van der Waals surface area contributed by atoms with Crippen LogP contribution in [0.3, 0.4) is 0 Å². The largest absolute Gasteiger partial charge is 0.508 e. The molecule has 1 aliphatic heterocycles. The van der Waals surface area contributed by atoms with Crippen LogP contribution in [-0.2, 0) is 0 Å². The number of carbonyl (C=O) groups excluding carboxylic acids is 2. The molecule has 1 aliphatic rings. The summed E-state index contributed by atoms with van der Waals surface area (Å²) in [6, 6.07) is 8.24. The zero-order valence-electron chi connectivity index (χ0n) is 13.8. The van der Waals surface area contributed by atoms with Crippen molar-refractivity contribution in [2.75, 3.05) is 26.2 Å². The number of carbonyl (C=O) groups is 2. The number of hydrogen-bond donors (Lipinski definition) is 4. The first kappa shape index (κ1) is 17.4. The van der Waals surface area contributed by atoms with E-state index in [4.69, 9.17) is 0 Å². The lowest BCUT2D eigenvalue weighted by Crippen LogP contribution is -2.50. The average molecular weight is 358 g/mol. The van der Waals surface area contributed by atoms with E-state index in [1.54, 1.807) is 17.0 Å². The zero-order valence-corrected chi connectivity index (χ0v) is 13.8. The summed E-state index contributed by atoms with van der Waals surface area (Å²) in [7, 11) is 0. The molecule has 2 amide bonds. The fourth-order valence-electron chi connectivity index (χ4n) is 2.84.